The van der Waals surface area contributed by atoms with Crippen LogP contribution in [0.2, 0.25) is 0 Å². The number of nitrogens with one attached hydrogen (secondary N) is 6. The number of nitrogens with zero attached hydrogens (tertiary/aromatic N) is 3. The number of aromatic hydroxyl groups is 6. The summed E-state index contributed by atoms with van der Waals surface area (Å²) in [7, 11) is -13.6. The second kappa shape index (κ2) is 31.7. The highest BCUT2D eigenvalue weighted by Crippen LogP contribution is 2.79. The summed E-state index contributed by atoms with van der Waals surface area (Å²) in [6.07, 6.45) is 0. The highest BCUT2D eigenvalue weighted by atomic mass is 31.3. The van der Waals surface area contributed by atoms with Crippen molar-refractivity contribution in [2.45, 2.75) is 39.3 Å². The lowest BCUT2D eigenvalue weighted by Gasteiger charge is -2.33. The molecule has 1 heterocycles. The SMILES string of the molecule is Oc1ccccc1CNc1ccc(OP2(Oc3ccc(NCc4ccccc4O)cc3)=NP(Oc3ccc(NCc4ccccc4O)cc3)(Oc3ccc(NCc4ccccc4O)cc3)=NP(Oc3ccc(NCc4ccccc4O)cc3)(Oc3ccc(NCc4ccccc4O)cc3)=N2)cc1. The minimum absolute atomic E-state index is 0.147. The lowest BCUT2D eigenvalue weighted by atomic mass is 10.2. The molecule has 13 rings (SSSR count). The molecule has 12 N–H and O–H groups in total. The summed E-state index contributed by atoms with van der Waals surface area (Å²) in [5.41, 5.74) is 8.26. The van der Waals surface area contributed by atoms with Gasteiger partial charge in [0.15, 0.2) is 0 Å². The number of para-hydroxylation sites is 6. The van der Waals surface area contributed by atoms with Crippen LogP contribution in [-0.2, 0) is 39.3 Å². The molecule has 0 spiro atoms. The Morgan fingerprint density at radius 2 is 0.333 bits per heavy atom. The lowest BCUT2D eigenvalue weighted by molar-refractivity contribution is 0.442. The Hall–Kier alpha value is -12.3. The molecule has 0 fully saturated rings. The third-order valence-electron chi connectivity index (χ3n) is 16.0. The first-order valence-electron chi connectivity index (χ1n) is 32.5. The maximum absolute atomic E-state index is 10.7. The first kappa shape index (κ1) is 68.3. The van der Waals surface area contributed by atoms with Crippen molar-refractivity contribution in [3.05, 3.63) is 325 Å². The van der Waals surface area contributed by atoms with Gasteiger partial charge in [-0.1, -0.05) is 123 Å². The molecule has 0 amide bonds. The van der Waals surface area contributed by atoms with Crippen molar-refractivity contribution in [3.63, 3.8) is 0 Å². The van der Waals surface area contributed by atoms with Gasteiger partial charge in [-0.05, 0) is 182 Å². The van der Waals surface area contributed by atoms with E-state index in [0.29, 0.717) is 107 Å². The molecular formula is C78H72N9O12P3. The topological polar surface area (TPSA) is 286 Å². The Morgan fingerprint density at radius 3 is 0.471 bits per heavy atom. The molecule has 1 aliphatic heterocycles. The molecule has 0 radical (unpaired) electrons. The van der Waals surface area contributed by atoms with Crippen molar-refractivity contribution in [1.29, 1.82) is 0 Å². The Morgan fingerprint density at radius 1 is 0.196 bits per heavy atom. The lowest BCUT2D eigenvalue weighted by Crippen LogP contribution is -2.11. The number of phenolic OH excluding ortho intramolecular Hbond substituents is 6. The first-order chi connectivity index (χ1) is 49.8. The van der Waals surface area contributed by atoms with Crippen LogP contribution in [0.3, 0.4) is 0 Å². The second-order valence-electron chi connectivity index (χ2n) is 23.3. The average Bonchev–Trinajstić information content (AvgIpc) is 0.729. The Balaban J connectivity index is 0.977. The first-order valence-corrected chi connectivity index (χ1v) is 37.1. The van der Waals surface area contributed by atoms with E-state index < -0.39 is 23.0 Å². The maximum Gasteiger partial charge on any atom is 0.460 e. The fourth-order valence-electron chi connectivity index (χ4n) is 10.5. The van der Waals surface area contributed by atoms with E-state index in [1.54, 1.807) is 146 Å². The molecule has 0 saturated carbocycles. The molecule has 102 heavy (non-hydrogen) atoms. The van der Waals surface area contributed by atoms with Gasteiger partial charge in [0.05, 0.1) is 0 Å². The van der Waals surface area contributed by atoms with Crippen molar-refractivity contribution in [2.75, 3.05) is 31.9 Å². The minimum atomic E-state index is -4.53. The van der Waals surface area contributed by atoms with Gasteiger partial charge in [0.2, 0.25) is 0 Å². The van der Waals surface area contributed by atoms with Crippen molar-refractivity contribution in [3.8, 4) is 69.0 Å². The number of benzene rings is 12. The van der Waals surface area contributed by atoms with E-state index in [1.165, 1.54) is 0 Å². The van der Waals surface area contributed by atoms with E-state index in [-0.39, 0.29) is 69.0 Å². The molecule has 0 bridgehead atoms. The molecule has 24 heteroatoms. The number of hydrogen-bond donors (Lipinski definition) is 12. The average molecular weight is 1420 g/mol. The van der Waals surface area contributed by atoms with Crippen LogP contribution in [0.5, 0.6) is 69.0 Å². The van der Waals surface area contributed by atoms with E-state index in [2.05, 4.69) is 31.9 Å². The zero-order valence-electron chi connectivity index (χ0n) is 54.8. The number of rotatable bonds is 30. The summed E-state index contributed by atoms with van der Waals surface area (Å²) in [6, 6.07) is 84.9. The second-order valence-corrected chi connectivity index (χ2v) is 29.5. The molecule has 12 aromatic carbocycles. The van der Waals surface area contributed by atoms with Crippen LogP contribution in [0, 0.1) is 0 Å². The van der Waals surface area contributed by atoms with Crippen LogP contribution in [0.4, 0.5) is 34.1 Å². The number of hydrogen-bond acceptors (Lipinski definition) is 21. The van der Waals surface area contributed by atoms with Crippen LogP contribution in [0.1, 0.15) is 33.4 Å². The van der Waals surface area contributed by atoms with Gasteiger partial charge in [-0.15, -0.1) is 0 Å². The third-order valence-corrected chi connectivity index (χ3v) is 24.1. The summed E-state index contributed by atoms with van der Waals surface area (Å²) in [5.74, 6) is 2.31. The highest BCUT2D eigenvalue weighted by molar-refractivity contribution is 7.79. The van der Waals surface area contributed by atoms with Gasteiger partial charge in [0.1, 0.15) is 69.0 Å². The zero-order chi connectivity index (χ0) is 70.1. The van der Waals surface area contributed by atoms with Crippen LogP contribution in [0.15, 0.2) is 305 Å². The molecular weight excluding hydrogens is 1350 g/mol. The van der Waals surface area contributed by atoms with Crippen LogP contribution in [-0.4, -0.2) is 30.6 Å². The van der Waals surface area contributed by atoms with Gasteiger partial charge >= 0.3 is 23.0 Å². The summed E-state index contributed by atoms with van der Waals surface area (Å²) in [6.45, 7) is 1.85. The molecule has 0 aliphatic carbocycles. The van der Waals surface area contributed by atoms with E-state index >= 15 is 0 Å². The summed E-state index contributed by atoms with van der Waals surface area (Å²) >= 11 is 0. The molecule has 0 unspecified atom stereocenters. The molecule has 21 nitrogen and oxygen atoms in total. The van der Waals surface area contributed by atoms with E-state index in [1.807, 2.05) is 146 Å². The largest absolute Gasteiger partial charge is 0.508 e. The molecule has 0 atom stereocenters. The van der Waals surface area contributed by atoms with Crippen molar-refractivity contribution < 1.29 is 57.8 Å². The quantitative estimate of drug-likeness (QED) is 0.0186. The predicted molar refractivity (Wildman–Crippen MR) is 403 cm³/mol. The normalized spacial score (nSPS) is 13.1. The monoisotopic (exact) mass is 1420 g/mol. The standard InChI is InChI=1S/C78H72N9O12P3/c88-73-19-7-1-13-55(73)49-79-61-25-37-67(38-26-61)94-100(95-68-39-27-62(28-40-68)80-50-56-14-2-8-20-74(56)89)85-101(96-69-41-29-63(30-42-69)81-51-57-15-3-9-21-75(57)90,97-70-43-31-64(32-44-70)82-52-58-16-4-10-22-76(58)91)87-102(86-100,98-71-45-33-65(34-46-71)83-53-59-17-5-11-23-77(59)92)99-72-47-35-66(36-48-72)84-54-60-18-6-12-24-78(60)93/h1-48,79-84,88-93H,49-54H2. The minimum Gasteiger partial charge on any atom is -0.508 e. The van der Waals surface area contributed by atoms with Crippen molar-refractivity contribution in [2.24, 2.45) is 13.5 Å². The van der Waals surface area contributed by atoms with Gasteiger partial charge in [-0.3, -0.25) is 0 Å². The summed E-state index contributed by atoms with van der Waals surface area (Å²) < 4.78 is 60.4. The van der Waals surface area contributed by atoms with E-state index in [4.69, 9.17) is 40.7 Å². The van der Waals surface area contributed by atoms with Gasteiger partial charge in [0, 0.05) is 107 Å². The van der Waals surface area contributed by atoms with Crippen LogP contribution < -0.4 is 59.0 Å². The summed E-state index contributed by atoms with van der Waals surface area (Å²) in [4.78, 5) is 0. The van der Waals surface area contributed by atoms with E-state index in [9.17, 15) is 30.6 Å². The molecule has 0 aromatic heterocycles. The van der Waals surface area contributed by atoms with Gasteiger partial charge in [-0.2, -0.15) is 0 Å². The smallest absolute Gasteiger partial charge is 0.460 e. The molecule has 516 valence electrons. The van der Waals surface area contributed by atoms with Crippen LogP contribution >= 0.6 is 23.0 Å². The number of anilines is 6. The molecule has 1 aliphatic rings. The fraction of sp³-hybridized carbons (Fsp3) is 0.0769. The van der Waals surface area contributed by atoms with Gasteiger partial charge < -0.3 is 89.7 Å². The van der Waals surface area contributed by atoms with Gasteiger partial charge in [-0.25, -0.2) is 0 Å². The third kappa shape index (κ3) is 18.0. The van der Waals surface area contributed by atoms with Crippen molar-refractivity contribution >= 4 is 57.1 Å². The Labute approximate surface area is 590 Å². The Kier molecular flexibility index (Phi) is 21.2. The fourth-order valence-corrected chi connectivity index (χ4v) is 19.6. The van der Waals surface area contributed by atoms with Crippen LogP contribution in [0.25, 0.3) is 0 Å². The zero-order valence-corrected chi connectivity index (χ0v) is 57.5. The van der Waals surface area contributed by atoms with Gasteiger partial charge in [0.25, 0.3) is 0 Å². The molecule has 0 saturated heterocycles. The Bertz CT molecular complexity index is 4210. The number of phenols is 6. The maximum atomic E-state index is 10.7. The summed E-state index contributed by atoms with van der Waals surface area (Å²) in [5, 5.41) is 84.3. The van der Waals surface area contributed by atoms with E-state index in [0.717, 1.165) is 0 Å². The predicted octanol–water partition coefficient (Wildman–Crippen LogP) is 20.2. The van der Waals surface area contributed by atoms with Crippen molar-refractivity contribution in [1.82, 2.24) is 0 Å². The molecule has 12 aromatic rings. The highest BCUT2D eigenvalue weighted by Gasteiger charge is 2.49.